The highest BCUT2D eigenvalue weighted by Crippen LogP contribution is 2.14. The average molecular weight is 239 g/mol. The number of likely N-dealkylation sites (N-methyl/N-ethyl adjacent to an activating group) is 1. The van der Waals surface area contributed by atoms with Crippen LogP contribution < -0.4 is 5.32 Å². The highest BCUT2D eigenvalue weighted by atomic mass is 32.1. The quantitative estimate of drug-likeness (QED) is 0.846. The highest BCUT2D eigenvalue weighted by molar-refractivity contribution is 7.09. The minimum Gasteiger partial charge on any atom is -0.341 e. The lowest BCUT2D eigenvalue weighted by Gasteiger charge is -2.15. The largest absolute Gasteiger partial charge is 0.341 e. The average Bonchev–Trinajstić information content (AvgIpc) is 2.83. The minimum atomic E-state index is 0.0260. The van der Waals surface area contributed by atoms with E-state index in [1.165, 1.54) is 0 Å². The zero-order chi connectivity index (χ0) is 11.5. The summed E-state index contributed by atoms with van der Waals surface area (Å²) in [6.45, 7) is 3.66. The number of hydrogen-bond acceptors (Lipinski definition) is 4. The van der Waals surface area contributed by atoms with Crippen LogP contribution in [0.3, 0.4) is 0 Å². The molecule has 4 nitrogen and oxygen atoms in total. The third kappa shape index (κ3) is 2.41. The van der Waals surface area contributed by atoms with E-state index in [0.717, 1.165) is 36.6 Å². The Hall–Kier alpha value is -0.940. The molecule has 1 aliphatic rings. The van der Waals surface area contributed by atoms with Gasteiger partial charge < -0.3 is 10.2 Å². The Morgan fingerprint density at radius 2 is 2.50 bits per heavy atom. The first-order chi connectivity index (χ1) is 7.70. The number of likely N-dealkylation sites (tertiary alicyclic amines) is 1. The van der Waals surface area contributed by atoms with Crippen molar-refractivity contribution in [2.24, 2.45) is 0 Å². The van der Waals surface area contributed by atoms with Crippen LogP contribution in [0, 0.1) is 6.92 Å². The first-order valence-corrected chi connectivity index (χ1v) is 6.45. The number of aryl methyl sites for hydroxylation is 1. The maximum absolute atomic E-state index is 11.8. The standard InChI is InChI=1S/C11H17N3OS/c1-8-7-16-10(13-8)4-6-14-5-3-9(12-2)11(14)15/h7,9,12H,3-6H2,1-2H3. The molecule has 0 saturated carbocycles. The number of aromatic nitrogens is 1. The normalized spacial score (nSPS) is 20.8. The van der Waals surface area contributed by atoms with Gasteiger partial charge in [0.15, 0.2) is 0 Å². The second-order valence-electron chi connectivity index (χ2n) is 4.09. The SMILES string of the molecule is CNC1CCN(CCc2nc(C)cs2)C1=O. The van der Waals surface area contributed by atoms with E-state index in [4.69, 9.17) is 0 Å². The summed E-state index contributed by atoms with van der Waals surface area (Å²) in [6, 6.07) is 0.0260. The van der Waals surface area contributed by atoms with Crippen LogP contribution in [-0.4, -0.2) is 42.0 Å². The van der Waals surface area contributed by atoms with Crippen molar-refractivity contribution in [2.75, 3.05) is 20.1 Å². The highest BCUT2D eigenvalue weighted by Gasteiger charge is 2.29. The van der Waals surface area contributed by atoms with Crippen molar-refractivity contribution < 1.29 is 4.79 Å². The summed E-state index contributed by atoms with van der Waals surface area (Å²) in [5.74, 6) is 0.232. The van der Waals surface area contributed by atoms with Crippen molar-refractivity contribution >= 4 is 17.2 Å². The number of carbonyl (C=O) groups is 1. The Morgan fingerprint density at radius 1 is 1.69 bits per heavy atom. The van der Waals surface area contributed by atoms with Crippen molar-refractivity contribution in [1.29, 1.82) is 0 Å². The maximum Gasteiger partial charge on any atom is 0.239 e. The summed E-state index contributed by atoms with van der Waals surface area (Å²) >= 11 is 1.68. The van der Waals surface area contributed by atoms with Gasteiger partial charge in [-0.15, -0.1) is 11.3 Å². The molecule has 2 rings (SSSR count). The van der Waals surface area contributed by atoms with Crippen LogP contribution >= 0.6 is 11.3 Å². The molecule has 1 atom stereocenters. The molecule has 2 heterocycles. The third-order valence-electron chi connectivity index (χ3n) is 2.91. The van der Waals surface area contributed by atoms with Crippen LogP contribution in [-0.2, 0) is 11.2 Å². The molecule has 1 amide bonds. The van der Waals surface area contributed by atoms with Gasteiger partial charge >= 0.3 is 0 Å². The van der Waals surface area contributed by atoms with Crippen LogP contribution in [0.15, 0.2) is 5.38 Å². The molecular weight excluding hydrogens is 222 g/mol. The predicted octanol–water partition coefficient (Wildman–Crippen LogP) is 0.814. The molecule has 1 aromatic heterocycles. The summed E-state index contributed by atoms with van der Waals surface area (Å²) in [5, 5.41) is 6.22. The summed E-state index contributed by atoms with van der Waals surface area (Å²) in [7, 11) is 1.84. The lowest BCUT2D eigenvalue weighted by molar-refractivity contribution is -0.129. The van der Waals surface area contributed by atoms with E-state index in [-0.39, 0.29) is 11.9 Å². The fourth-order valence-corrected chi connectivity index (χ4v) is 2.74. The van der Waals surface area contributed by atoms with Crippen LogP contribution in [0.1, 0.15) is 17.1 Å². The number of thiazole rings is 1. The Balaban J connectivity index is 1.85. The predicted molar refractivity (Wildman–Crippen MR) is 64.6 cm³/mol. The van der Waals surface area contributed by atoms with E-state index >= 15 is 0 Å². The van der Waals surface area contributed by atoms with Crippen molar-refractivity contribution in [3.05, 3.63) is 16.1 Å². The molecule has 0 spiro atoms. The second kappa shape index (κ2) is 4.93. The number of carbonyl (C=O) groups excluding carboxylic acids is 1. The smallest absolute Gasteiger partial charge is 0.239 e. The molecule has 0 aromatic carbocycles. The zero-order valence-electron chi connectivity index (χ0n) is 9.69. The Kier molecular flexibility index (Phi) is 3.56. The minimum absolute atomic E-state index is 0.0260. The van der Waals surface area contributed by atoms with E-state index in [2.05, 4.69) is 15.7 Å². The second-order valence-corrected chi connectivity index (χ2v) is 5.03. The van der Waals surface area contributed by atoms with Gasteiger partial charge in [0.05, 0.1) is 11.0 Å². The number of rotatable bonds is 4. The zero-order valence-corrected chi connectivity index (χ0v) is 10.5. The van der Waals surface area contributed by atoms with Crippen molar-refractivity contribution in [3.63, 3.8) is 0 Å². The van der Waals surface area contributed by atoms with Crippen LogP contribution in [0.25, 0.3) is 0 Å². The van der Waals surface area contributed by atoms with Gasteiger partial charge in [-0.05, 0) is 20.4 Å². The molecule has 88 valence electrons. The van der Waals surface area contributed by atoms with E-state index in [1.54, 1.807) is 11.3 Å². The van der Waals surface area contributed by atoms with Gasteiger partial charge in [0.2, 0.25) is 5.91 Å². The monoisotopic (exact) mass is 239 g/mol. The first-order valence-electron chi connectivity index (χ1n) is 5.58. The fraction of sp³-hybridized carbons (Fsp3) is 0.636. The number of nitrogens with zero attached hydrogens (tertiary/aromatic N) is 2. The van der Waals surface area contributed by atoms with Crippen molar-refractivity contribution in [2.45, 2.75) is 25.8 Å². The van der Waals surface area contributed by atoms with Crippen LogP contribution in [0.5, 0.6) is 0 Å². The number of amides is 1. The molecule has 5 heteroatoms. The van der Waals surface area contributed by atoms with Crippen molar-refractivity contribution in [1.82, 2.24) is 15.2 Å². The molecule has 1 unspecified atom stereocenters. The molecule has 0 aliphatic carbocycles. The summed E-state index contributed by atoms with van der Waals surface area (Å²) < 4.78 is 0. The lowest BCUT2D eigenvalue weighted by atomic mass is 10.3. The van der Waals surface area contributed by atoms with Gasteiger partial charge in [0, 0.05) is 30.6 Å². The topological polar surface area (TPSA) is 45.2 Å². The molecular formula is C11H17N3OS. The molecule has 16 heavy (non-hydrogen) atoms. The molecule has 1 aliphatic heterocycles. The lowest BCUT2D eigenvalue weighted by Crippen LogP contribution is -2.37. The van der Waals surface area contributed by atoms with E-state index in [9.17, 15) is 4.79 Å². The summed E-state index contributed by atoms with van der Waals surface area (Å²) in [5.41, 5.74) is 1.07. The van der Waals surface area contributed by atoms with Gasteiger partial charge in [0.25, 0.3) is 0 Å². The molecule has 1 N–H and O–H groups in total. The van der Waals surface area contributed by atoms with E-state index in [1.807, 2.05) is 18.9 Å². The Bertz CT molecular complexity index is 377. The molecule has 0 bridgehead atoms. The number of nitrogens with one attached hydrogen (secondary N) is 1. The van der Waals surface area contributed by atoms with E-state index < -0.39 is 0 Å². The van der Waals surface area contributed by atoms with Gasteiger partial charge in [-0.1, -0.05) is 0 Å². The van der Waals surface area contributed by atoms with Crippen molar-refractivity contribution in [3.8, 4) is 0 Å². The maximum atomic E-state index is 11.8. The molecule has 1 saturated heterocycles. The number of hydrogen-bond donors (Lipinski definition) is 1. The van der Waals surface area contributed by atoms with Gasteiger partial charge in [0.1, 0.15) is 0 Å². The third-order valence-corrected chi connectivity index (χ3v) is 3.93. The van der Waals surface area contributed by atoms with Crippen LogP contribution in [0.4, 0.5) is 0 Å². The van der Waals surface area contributed by atoms with Gasteiger partial charge in [-0.2, -0.15) is 0 Å². The van der Waals surface area contributed by atoms with E-state index in [0.29, 0.717) is 0 Å². The summed E-state index contributed by atoms with van der Waals surface area (Å²) in [4.78, 5) is 18.1. The van der Waals surface area contributed by atoms with Gasteiger partial charge in [-0.3, -0.25) is 4.79 Å². The Labute approximate surface area is 99.7 Å². The fourth-order valence-electron chi connectivity index (χ4n) is 1.98. The molecule has 1 fully saturated rings. The summed E-state index contributed by atoms with van der Waals surface area (Å²) in [6.07, 6.45) is 1.80. The van der Waals surface area contributed by atoms with Gasteiger partial charge in [-0.25, -0.2) is 4.98 Å². The Morgan fingerprint density at radius 3 is 3.06 bits per heavy atom. The molecule has 0 radical (unpaired) electrons. The van der Waals surface area contributed by atoms with Crippen LogP contribution in [0.2, 0.25) is 0 Å². The molecule has 1 aromatic rings. The first kappa shape index (κ1) is 11.5.